The normalized spacial score (nSPS) is 16.5. The number of pyridine rings is 1. The molecule has 1 N–H and O–H groups in total. The Morgan fingerprint density at radius 1 is 1.14 bits per heavy atom. The lowest BCUT2D eigenvalue weighted by atomic mass is 9.86. The summed E-state index contributed by atoms with van der Waals surface area (Å²) in [6.45, 7) is 5.28. The molecule has 1 aliphatic rings. The number of aromatic nitrogens is 5. The van der Waals surface area contributed by atoms with Crippen LogP contribution >= 0.6 is 0 Å². The molecule has 1 fully saturated rings. The Morgan fingerprint density at radius 2 is 1.84 bits per heavy atom. The number of anilines is 1. The highest BCUT2D eigenvalue weighted by atomic mass is 19.3. The van der Waals surface area contributed by atoms with Crippen LogP contribution in [0.1, 0.15) is 61.7 Å². The Kier molecular flexibility index (Phi) is 6.20. The summed E-state index contributed by atoms with van der Waals surface area (Å²) in [6, 6.07) is 4.73. The van der Waals surface area contributed by atoms with Crippen LogP contribution in [0.5, 0.6) is 0 Å². The maximum absolute atomic E-state index is 16.4. The van der Waals surface area contributed by atoms with Gasteiger partial charge in [-0.15, -0.1) is 10.2 Å². The maximum Gasteiger partial charge on any atom is 0.266 e. The van der Waals surface area contributed by atoms with Crippen LogP contribution in [0.4, 0.5) is 23.4 Å². The lowest BCUT2D eigenvalue weighted by Gasteiger charge is -2.36. The lowest BCUT2D eigenvalue weighted by molar-refractivity contribution is -0.131. The van der Waals surface area contributed by atoms with Gasteiger partial charge in [0.15, 0.2) is 11.3 Å². The third-order valence-corrected chi connectivity index (χ3v) is 6.94. The summed E-state index contributed by atoms with van der Waals surface area (Å²) >= 11 is 0. The molecule has 1 atom stereocenters. The number of amides is 1. The summed E-state index contributed by atoms with van der Waals surface area (Å²) in [5.74, 6) is -0.426. The average Bonchev–Trinajstić information content (AvgIpc) is 3.34. The molecule has 0 saturated carbocycles. The van der Waals surface area contributed by atoms with E-state index >= 15 is 4.39 Å². The first-order chi connectivity index (χ1) is 17.6. The number of hydrogen-bond donors (Lipinski definition) is 1. The topological polar surface area (TPSA) is 88.3 Å². The van der Waals surface area contributed by atoms with Crippen molar-refractivity contribution in [2.24, 2.45) is 0 Å². The number of nitrogens with zero attached hydrogens (tertiary/aromatic N) is 6. The summed E-state index contributed by atoms with van der Waals surface area (Å²) < 4.78 is 59.3. The fourth-order valence-corrected chi connectivity index (χ4v) is 4.90. The van der Waals surface area contributed by atoms with Gasteiger partial charge >= 0.3 is 0 Å². The molecular weight excluding hydrogens is 490 g/mol. The molecule has 4 aromatic rings. The Hall–Kier alpha value is -3.83. The molecule has 0 bridgehead atoms. The zero-order chi connectivity index (χ0) is 26.5. The van der Waals surface area contributed by atoms with Crippen LogP contribution in [0.15, 0.2) is 30.6 Å². The zero-order valence-corrected chi connectivity index (χ0v) is 20.5. The molecule has 8 nitrogen and oxygen atoms in total. The Bertz CT molecular complexity index is 1500. The van der Waals surface area contributed by atoms with Crippen molar-refractivity contribution in [3.8, 4) is 0 Å². The van der Waals surface area contributed by atoms with Crippen molar-refractivity contribution in [1.82, 2.24) is 29.5 Å². The second-order valence-corrected chi connectivity index (χ2v) is 9.33. The number of hydrogen-bond acceptors (Lipinski definition) is 6. The quantitative estimate of drug-likeness (QED) is 0.375. The Labute approximate surface area is 209 Å². The second-order valence-electron chi connectivity index (χ2n) is 9.33. The van der Waals surface area contributed by atoms with E-state index in [1.807, 2.05) is 0 Å². The van der Waals surface area contributed by atoms with Crippen molar-refractivity contribution in [3.05, 3.63) is 58.9 Å². The van der Waals surface area contributed by atoms with Gasteiger partial charge in [-0.2, -0.15) is 0 Å². The molecule has 0 aliphatic carbocycles. The molecule has 1 aliphatic heterocycles. The van der Waals surface area contributed by atoms with Crippen LogP contribution in [-0.4, -0.2) is 48.5 Å². The van der Waals surface area contributed by atoms with Crippen molar-refractivity contribution in [3.63, 3.8) is 0 Å². The third kappa shape index (κ3) is 4.34. The van der Waals surface area contributed by atoms with E-state index in [-0.39, 0.29) is 43.0 Å². The summed E-state index contributed by atoms with van der Waals surface area (Å²) in [5, 5.41) is 11.7. The van der Waals surface area contributed by atoms with E-state index in [1.54, 1.807) is 29.2 Å². The highest BCUT2D eigenvalue weighted by Gasteiger charge is 2.40. The molecule has 0 radical (unpaired) electrons. The highest BCUT2D eigenvalue weighted by Crippen LogP contribution is 2.41. The zero-order valence-electron chi connectivity index (χ0n) is 20.5. The van der Waals surface area contributed by atoms with Crippen molar-refractivity contribution in [1.29, 1.82) is 0 Å². The van der Waals surface area contributed by atoms with Crippen LogP contribution in [-0.2, 0) is 10.5 Å². The minimum Gasteiger partial charge on any atom is -0.363 e. The largest absolute Gasteiger partial charge is 0.363 e. The van der Waals surface area contributed by atoms with Gasteiger partial charge in [-0.25, -0.2) is 27.5 Å². The van der Waals surface area contributed by atoms with Gasteiger partial charge in [0, 0.05) is 44.0 Å². The van der Waals surface area contributed by atoms with Gasteiger partial charge in [0.25, 0.3) is 6.43 Å². The number of likely N-dealkylation sites (tertiary alicyclic amines) is 1. The van der Waals surface area contributed by atoms with Crippen LogP contribution in [0.2, 0.25) is 0 Å². The molecule has 3 aromatic heterocycles. The molecule has 1 saturated heterocycles. The van der Waals surface area contributed by atoms with Crippen molar-refractivity contribution < 1.29 is 22.4 Å². The van der Waals surface area contributed by atoms with Gasteiger partial charge in [-0.3, -0.25) is 9.20 Å². The fraction of sp³-hybridized carbons (Fsp3) is 0.400. The molecule has 37 heavy (non-hydrogen) atoms. The summed E-state index contributed by atoms with van der Waals surface area (Å²) in [7, 11) is 0. The van der Waals surface area contributed by atoms with Crippen molar-refractivity contribution in [2.75, 3.05) is 18.4 Å². The summed E-state index contributed by atoms with van der Waals surface area (Å²) in [5.41, 5.74) is -1.41. The smallest absolute Gasteiger partial charge is 0.266 e. The van der Waals surface area contributed by atoms with E-state index in [9.17, 15) is 18.0 Å². The minimum absolute atomic E-state index is 0.0476. The van der Waals surface area contributed by atoms with Gasteiger partial charge < -0.3 is 10.2 Å². The van der Waals surface area contributed by atoms with Crippen molar-refractivity contribution in [2.45, 2.75) is 51.7 Å². The van der Waals surface area contributed by atoms with Gasteiger partial charge in [0.2, 0.25) is 5.91 Å². The molecule has 194 valence electrons. The van der Waals surface area contributed by atoms with Crippen LogP contribution in [0.3, 0.4) is 0 Å². The molecular formula is C25H25F4N7O. The van der Waals surface area contributed by atoms with Gasteiger partial charge in [-0.1, -0.05) is 18.2 Å². The van der Waals surface area contributed by atoms with E-state index in [2.05, 4.69) is 25.5 Å². The van der Waals surface area contributed by atoms with Crippen LogP contribution in [0.25, 0.3) is 16.7 Å². The van der Waals surface area contributed by atoms with Crippen LogP contribution < -0.4 is 5.32 Å². The molecule has 0 spiro atoms. The van der Waals surface area contributed by atoms with E-state index in [1.165, 1.54) is 25.4 Å². The fourth-order valence-electron chi connectivity index (χ4n) is 4.90. The number of carbonyl (C=O) groups excluding carboxylic acids is 1. The number of alkyl halides is 3. The molecule has 1 aromatic carbocycles. The number of carbonyl (C=O) groups is 1. The van der Waals surface area contributed by atoms with E-state index in [0.717, 1.165) is 6.07 Å². The molecule has 4 heterocycles. The number of aryl methyl sites for hydroxylation is 1. The number of piperidine rings is 1. The SMILES string of the molecule is CC(=O)N1CCC(F)(c2cc3c(N[C@H](C)c4cccc(C(F)F)c4F)nc(C)nc3n3cnnc23)CC1. The second kappa shape index (κ2) is 9.24. The monoisotopic (exact) mass is 515 g/mol. The Balaban J connectivity index is 1.61. The van der Waals surface area contributed by atoms with Gasteiger partial charge in [-0.05, 0) is 19.9 Å². The molecule has 5 rings (SSSR count). The number of benzene rings is 1. The Morgan fingerprint density at radius 3 is 2.51 bits per heavy atom. The average molecular weight is 516 g/mol. The first kappa shape index (κ1) is 24.8. The summed E-state index contributed by atoms with van der Waals surface area (Å²) in [4.78, 5) is 22.3. The van der Waals surface area contributed by atoms with Crippen LogP contribution in [0, 0.1) is 12.7 Å². The predicted molar refractivity (Wildman–Crippen MR) is 128 cm³/mol. The maximum atomic E-state index is 16.4. The van der Waals surface area contributed by atoms with Crippen molar-refractivity contribution >= 4 is 28.4 Å². The minimum atomic E-state index is -2.95. The molecule has 0 unspecified atom stereocenters. The van der Waals surface area contributed by atoms with Gasteiger partial charge in [0.05, 0.1) is 17.0 Å². The van der Waals surface area contributed by atoms with E-state index in [0.29, 0.717) is 28.3 Å². The number of fused-ring (bicyclic) bond motifs is 3. The molecule has 1 amide bonds. The number of nitrogens with one attached hydrogen (secondary N) is 1. The molecule has 12 heteroatoms. The summed E-state index contributed by atoms with van der Waals surface area (Å²) in [6.07, 6.45) is -1.36. The highest BCUT2D eigenvalue weighted by molar-refractivity contribution is 5.90. The van der Waals surface area contributed by atoms with E-state index < -0.39 is 29.5 Å². The van der Waals surface area contributed by atoms with E-state index in [4.69, 9.17) is 0 Å². The third-order valence-electron chi connectivity index (χ3n) is 6.94. The first-order valence-corrected chi connectivity index (χ1v) is 11.9. The van der Waals surface area contributed by atoms with Gasteiger partial charge in [0.1, 0.15) is 29.5 Å². The number of rotatable bonds is 5. The lowest BCUT2D eigenvalue weighted by Crippen LogP contribution is -2.42. The predicted octanol–water partition coefficient (Wildman–Crippen LogP) is 5.04. The number of halogens is 4. The first-order valence-electron chi connectivity index (χ1n) is 11.9. The standard InChI is InChI=1S/C25H25F4N7O/c1-13(16-5-4-6-17(20(16)26)21(27)28)31-22-18-11-19(25(29)7-9-35(10-8-25)15(3)37)24-34-30-12-36(24)23(18)33-14(2)32-22/h4-6,11-13,21H,7-10H2,1-3H3,(H,31,32,33)/t13-/m1/s1.